The maximum absolute atomic E-state index is 14.1. The Hall–Kier alpha value is -2.78. The van der Waals surface area contributed by atoms with E-state index in [1.807, 2.05) is 20.8 Å². The molecule has 3 aromatic carbocycles. The van der Waals surface area contributed by atoms with Crippen molar-refractivity contribution in [3.63, 3.8) is 0 Å². The number of hydrogen-bond acceptors (Lipinski definition) is 4. The molecule has 0 spiro atoms. The molecule has 2 amide bonds. The third-order valence-electron chi connectivity index (χ3n) is 6.16. The summed E-state index contributed by atoms with van der Waals surface area (Å²) < 4.78 is 28.8. The summed E-state index contributed by atoms with van der Waals surface area (Å²) in [5, 5.41) is 3.91. The number of nitrogens with zero attached hydrogens (tertiary/aromatic N) is 2. The van der Waals surface area contributed by atoms with Gasteiger partial charge in [-0.15, -0.1) is 0 Å². The molecule has 214 valence electrons. The summed E-state index contributed by atoms with van der Waals surface area (Å²) in [6, 6.07) is 16.4. The fourth-order valence-electron chi connectivity index (χ4n) is 4.13. The molecule has 40 heavy (non-hydrogen) atoms. The van der Waals surface area contributed by atoms with E-state index >= 15 is 0 Å². The van der Waals surface area contributed by atoms with Gasteiger partial charge < -0.3 is 10.2 Å². The van der Waals surface area contributed by atoms with Crippen LogP contribution < -0.4 is 9.62 Å². The Labute approximate surface area is 251 Å². The number of benzene rings is 3. The van der Waals surface area contributed by atoms with Gasteiger partial charge in [-0.25, -0.2) is 8.42 Å². The van der Waals surface area contributed by atoms with E-state index in [2.05, 4.69) is 5.32 Å². The van der Waals surface area contributed by atoms with E-state index in [0.29, 0.717) is 20.6 Å². The second-order valence-electron chi connectivity index (χ2n) is 9.65. The van der Waals surface area contributed by atoms with Gasteiger partial charge in [0.2, 0.25) is 11.8 Å². The Bertz CT molecular complexity index is 1460. The lowest BCUT2D eigenvalue weighted by molar-refractivity contribution is -0.140. The Kier molecular flexibility index (Phi) is 10.9. The molecule has 0 saturated heterocycles. The zero-order chi connectivity index (χ0) is 29.6. The Morgan fingerprint density at radius 2 is 1.57 bits per heavy atom. The van der Waals surface area contributed by atoms with Gasteiger partial charge in [0.1, 0.15) is 12.6 Å². The quantitative estimate of drug-likeness (QED) is 0.265. The van der Waals surface area contributed by atoms with Gasteiger partial charge in [0.05, 0.1) is 10.6 Å². The number of carbonyl (C=O) groups excluding carboxylic acids is 2. The molecule has 0 aromatic heterocycles. The van der Waals surface area contributed by atoms with Crippen LogP contribution in [0.1, 0.15) is 38.3 Å². The lowest BCUT2D eigenvalue weighted by Crippen LogP contribution is -2.53. The minimum absolute atomic E-state index is 0.0164. The van der Waals surface area contributed by atoms with Gasteiger partial charge in [-0.2, -0.15) is 0 Å². The molecule has 7 nitrogen and oxygen atoms in total. The molecule has 3 aromatic rings. The zero-order valence-electron chi connectivity index (χ0n) is 22.7. The number of carbonyl (C=O) groups is 2. The maximum atomic E-state index is 14.1. The normalized spacial score (nSPS) is 12.2. The first-order valence-electron chi connectivity index (χ1n) is 12.7. The van der Waals surface area contributed by atoms with Crippen LogP contribution in [0.15, 0.2) is 71.6 Å². The highest BCUT2D eigenvalue weighted by Gasteiger charge is 2.34. The Morgan fingerprint density at radius 1 is 0.925 bits per heavy atom. The van der Waals surface area contributed by atoms with E-state index in [0.717, 1.165) is 9.87 Å². The van der Waals surface area contributed by atoms with Crippen molar-refractivity contribution in [1.29, 1.82) is 0 Å². The summed E-state index contributed by atoms with van der Waals surface area (Å²) in [5.41, 5.74) is 1.66. The Balaban J connectivity index is 2.09. The van der Waals surface area contributed by atoms with Gasteiger partial charge in [-0.1, -0.05) is 71.6 Å². The number of aryl methyl sites for hydroxylation is 1. The average molecular weight is 625 g/mol. The monoisotopic (exact) mass is 623 g/mol. The van der Waals surface area contributed by atoms with Crippen LogP contribution in [0.2, 0.25) is 15.1 Å². The van der Waals surface area contributed by atoms with Crippen LogP contribution in [0.3, 0.4) is 0 Å². The van der Waals surface area contributed by atoms with Gasteiger partial charge >= 0.3 is 0 Å². The standard InChI is InChI=1S/C29H32Cl3N3O4S/c1-5-27(29(37)33-19(2)3)34(17-21-11-12-23(31)16-26(21)32)28(36)18-35(24-8-6-7-22(30)15-24)40(38,39)25-13-9-20(4)10-14-25/h6-16,19,27H,5,17-18H2,1-4H3,(H,33,37). The minimum Gasteiger partial charge on any atom is -0.352 e. The van der Waals surface area contributed by atoms with Crippen molar-refractivity contribution in [2.45, 2.75) is 57.6 Å². The lowest BCUT2D eigenvalue weighted by Gasteiger charge is -2.33. The highest BCUT2D eigenvalue weighted by molar-refractivity contribution is 7.92. The van der Waals surface area contributed by atoms with Gasteiger partial charge in [0.25, 0.3) is 10.0 Å². The van der Waals surface area contributed by atoms with Crippen molar-refractivity contribution in [3.8, 4) is 0 Å². The van der Waals surface area contributed by atoms with Crippen molar-refractivity contribution in [2.24, 2.45) is 0 Å². The van der Waals surface area contributed by atoms with Crippen LogP contribution >= 0.6 is 34.8 Å². The van der Waals surface area contributed by atoms with Crippen molar-refractivity contribution in [2.75, 3.05) is 10.8 Å². The summed E-state index contributed by atoms with van der Waals surface area (Å²) in [5.74, 6) is -0.945. The van der Waals surface area contributed by atoms with Gasteiger partial charge in [-0.3, -0.25) is 13.9 Å². The SMILES string of the molecule is CCC(C(=O)NC(C)C)N(Cc1ccc(Cl)cc1Cl)C(=O)CN(c1cccc(Cl)c1)S(=O)(=O)c1ccc(C)cc1. The first-order valence-corrected chi connectivity index (χ1v) is 15.3. The van der Waals surface area contributed by atoms with Crippen LogP contribution in [0.5, 0.6) is 0 Å². The molecule has 11 heteroatoms. The minimum atomic E-state index is -4.19. The molecule has 0 radical (unpaired) electrons. The van der Waals surface area contributed by atoms with Crippen molar-refractivity contribution < 1.29 is 18.0 Å². The molecule has 1 atom stereocenters. The van der Waals surface area contributed by atoms with Crippen LogP contribution in [-0.4, -0.2) is 43.8 Å². The topological polar surface area (TPSA) is 86.8 Å². The lowest BCUT2D eigenvalue weighted by atomic mass is 10.1. The van der Waals surface area contributed by atoms with E-state index in [4.69, 9.17) is 34.8 Å². The molecule has 0 heterocycles. The van der Waals surface area contributed by atoms with Gasteiger partial charge in [0, 0.05) is 27.7 Å². The molecular formula is C29H32Cl3N3O4S. The molecular weight excluding hydrogens is 593 g/mol. The van der Waals surface area contributed by atoms with Crippen LogP contribution in [0.4, 0.5) is 5.69 Å². The summed E-state index contributed by atoms with van der Waals surface area (Å²) in [6.45, 7) is 6.66. The summed E-state index contributed by atoms with van der Waals surface area (Å²) in [6.07, 6.45) is 0.289. The highest BCUT2D eigenvalue weighted by Crippen LogP contribution is 2.28. The number of nitrogens with one attached hydrogen (secondary N) is 1. The number of sulfonamides is 1. The van der Waals surface area contributed by atoms with Crippen molar-refractivity contribution >= 4 is 62.3 Å². The Morgan fingerprint density at radius 3 is 2.15 bits per heavy atom. The smallest absolute Gasteiger partial charge is 0.264 e. The van der Waals surface area contributed by atoms with Crippen LogP contribution in [-0.2, 0) is 26.2 Å². The fourth-order valence-corrected chi connectivity index (χ4v) is 6.19. The van der Waals surface area contributed by atoms with Crippen LogP contribution in [0, 0.1) is 6.92 Å². The summed E-state index contributed by atoms with van der Waals surface area (Å²) >= 11 is 18.7. The van der Waals surface area contributed by atoms with E-state index in [-0.39, 0.29) is 35.5 Å². The molecule has 0 aliphatic carbocycles. The number of rotatable bonds is 11. The summed E-state index contributed by atoms with van der Waals surface area (Å²) in [4.78, 5) is 28.6. The van der Waals surface area contributed by atoms with E-state index in [9.17, 15) is 18.0 Å². The molecule has 0 aliphatic heterocycles. The first-order chi connectivity index (χ1) is 18.8. The van der Waals surface area contributed by atoms with Crippen molar-refractivity contribution in [1.82, 2.24) is 10.2 Å². The summed E-state index contributed by atoms with van der Waals surface area (Å²) in [7, 11) is -4.19. The second-order valence-corrected chi connectivity index (χ2v) is 12.8. The van der Waals surface area contributed by atoms with Gasteiger partial charge in [0.15, 0.2) is 0 Å². The third-order valence-corrected chi connectivity index (χ3v) is 8.77. The predicted molar refractivity (Wildman–Crippen MR) is 162 cm³/mol. The molecule has 3 rings (SSSR count). The molecule has 0 aliphatic rings. The maximum Gasteiger partial charge on any atom is 0.264 e. The molecule has 0 bridgehead atoms. The number of amides is 2. The second kappa shape index (κ2) is 13.7. The van der Waals surface area contributed by atoms with Crippen LogP contribution in [0.25, 0.3) is 0 Å². The van der Waals surface area contributed by atoms with E-state index < -0.39 is 28.5 Å². The van der Waals surface area contributed by atoms with Gasteiger partial charge in [-0.05, 0) is 75.2 Å². The molecule has 1 N–H and O–H groups in total. The van der Waals surface area contributed by atoms with Crippen molar-refractivity contribution in [3.05, 3.63) is 92.9 Å². The number of hydrogen-bond donors (Lipinski definition) is 1. The third kappa shape index (κ3) is 7.91. The predicted octanol–water partition coefficient (Wildman–Crippen LogP) is 6.48. The average Bonchev–Trinajstić information content (AvgIpc) is 2.88. The molecule has 0 saturated carbocycles. The first kappa shape index (κ1) is 31.7. The molecule has 1 unspecified atom stereocenters. The highest BCUT2D eigenvalue weighted by atomic mass is 35.5. The van der Waals surface area contributed by atoms with E-state index in [1.54, 1.807) is 55.5 Å². The zero-order valence-corrected chi connectivity index (χ0v) is 25.8. The largest absolute Gasteiger partial charge is 0.352 e. The number of anilines is 1. The molecule has 0 fully saturated rings. The van der Waals surface area contributed by atoms with E-state index in [1.165, 1.54) is 23.1 Å². The fraction of sp³-hybridized carbons (Fsp3) is 0.310. The number of halogens is 3.